The van der Waals surface area contributed by atoms with Gasteiger partial charge >= 0.3 is 0 Å². The summed E-state index contributed by atoms with van der Waals surface area (Å²) in [4.78, 5) is 24.4. The van der Waals surface area contributed by atoms with Crippen LogP contribution in [0.1, 0.15) is 23.3 Å². The number of amides is 1. The molecule has 2 heterocycles. The molecule has 1 saturated heterocycles. The van der Waals surface area contributed by atoms with Crippen LogP contribution in [0, 0.1) is 5.92 Å². The fourth-order valence-corrected chi connectivity index (χ4v) is 2.51. The molecule has 7 heteroatoms. The average Bonchev–Trinajstić information content (AvgIpc) is 2.47. The van der Waals surface area contributed by atoms with Crippen molar-refractivity contribution in [2.75, 3.05) is 39.2 Å². The third-order valence-electron chi connectivity index (χ3n) is 3.54. The van der Waals surface area contributed by atoms with E-state index in [9.17, 15) is 4.79 Å². The van der Waals surface area contributed by atoms with E-state index in [-0.39, 0.29) is 5.91 Å². The highest BCUT2D eigenvalue weighted by Gasteiger charge is 2.24. The van der Waals surface area contributed by atoms with E-state index in [2.05, 4.69) is 34.4 Å². The van der Waals surface area contributed by atoms with Crippen LogP contribution < -0.4 is 11.3 Å². The van der Waals surface area contributed by atoms with E-state index in [1.165, 1.54) is 12.4 Å². The molecule has 0 aromatic carbocycles. The molecule has 1 aromatic rings. The van der Waals surface area contributed by atoms with Crippen molar-refractivity contribution >= 4 is 11.7 Å². The maximum atomic E-state index is 12.3. The summed E-state index contributed by atoms with van der Waals surface area (Å²) in [7, 11) is 4.17. The number of piperidine rings is 1. The number of nitrogens with one attached hydrogen (secondary N) is 1. The molecular formula is C13H22N6O. The second-order valence-electron chi connectivity index (χ2n) is 5.43. The van der Waals surface area contributed by atoms with Crippen molar-refractivity contribution < 1.29 is 4.79 Å². The number of hydrogen-bond donors (Lipinski definition) is 2. The molecule has 1 aliphatic rings. The van der Waals surface area contributed by atoms with E-state index < -0.39 is 0 Å². The number of nitrogen functional groups attached to an aromatic ring is 1. The highest BCUT2D eigenvalue weighted by Crippen LogP contribution is 2.19. The molecule has 1 aromatic heterocycles. The standard InChI is InChI=1S/C13H22N6O/c1-18(2)9-10-3-5-19(6-4-10)13(20)11-7-16-12(17-14)8-15-11/h7-8,10H,3-6,9,14H2,1-2H3,(H,16,17). The van der Waals surface area contributed by atoms with Gasteiger partial charge < -0.3 is 15.2 Å². The van der Waals surface area contributed by atoms with E-state index in [0.29, 0.717) is 17.4 Å². The summed E-state index contributed by atoms with van der Waals surface area (Å²) >= 11 is 0. The van der Waals surface area contributed by atoms with E-state index in [1.54, 1.807) is 0 Å². The summed E-state index contributed by atoms with van der Waals surface area (Å²) in [6.45, 7) is 2.66. The van der Waals surface area contributed by atoms with Crippen molar-refractivity contribution in [2.24, 2.45) is 11.8 Å². The zero-order valence-electron chi connectivity index (χ0n) is 12.0. The van der Waals surface area contributed by atoms with E-state index in [1.807, 2.05) is 4.90 Å². The fraction of sp³-hybridized carbons (Fsp3) is 0.615. The highest BCUT2D eigenvalue weighted by molar-refractivity contribution is 5.92. The van der Waals surface area contributed by atoms with Gasteiger partial charge in [-0.3, -0.25) is 4.79 Å². The minimum atomic E-state index is -0.0515. The maximum absolute atomic E-state index is 12.3. The first-order valence-electron chi connectivity index (χ1n) is 6.83. The third-order valence-corrected chi connectivity index (χ3v) is 3.54. The molecule has 0 radical (unpaired) electrons. The lowest BCUT2D eigenvalue weighted by molar-refractivity contribution is 0.0671. The number of nitrogens with zero attached hydrogens (tertiary/aromatic N) is 4. The number of aromatic nitrogens is 2. The molecule has 0 unspecified atom stereocenters. The number of rotatable bonds is 4. The SMILES string of the molecule is CN(C)CC1CCN(C(=O)c2cnc(NN)cn2)CC1. The molecule has 7 nitrogen and oxygen atoms in total. The zero-order chi connectivity index (χ0) is 14.5. The van der Waals surface area contributed by atoms with Crippen LogP contribution in [-0.2, 0) is 0 Å². The van der Waals surface area contributed by atoms with Gasteiger partial charge in [-0.25, -0.2) is 15.8 Å². The van der Waals surface area contributed by atoms with Gasteiger partial charge in [0, 0.05) is 19.6 Å². The smallest absolute Gasteiger partial charge is 0.274 e. The van der Waals surface area contributed by atoms with Gasteiger partial charge in [-0.1, -0.05) is 0 Å². The lowest BCUT2D eigenvalue weighted by Gasteiger charge is -2.33. The van der Waals surface area contributed by atoms with Crippen LogP contribution in [0.2, 0.25) is 0 Å². The second-order valence-corrected chi connectivity index (χ2v) is 5.43. The van der Waals surface area contributed by atoms with Crippen LogP contribution in [0.4, 0.5) is 5.82 Å². The molecule has 110 valence electrons. The summed E-state index contributed by atoms with van der Waals surface area (Å²) < 4.78 is 0. The first-order chi connectivity index (χ1) is 9.60. The van der Waals surface area contributed by atoms with Crippen molar-refractivity contribution in [1.82, 2.24) is 19.8 Å². The van der Waals surface area contributed by atoms with Gasteiger partial charge in [0.25, 0.3) is 5.91 Å². The Balaban J connectivity index is 1.90. The van der Waals surface area contributed by atoms with Gasteiger partial charge in [0.05, 0.1) is 12.4 Å². The molecule has 0 bridgehead atoms. The van der Waals surface area contributed by atoms with E-state index >= 15 is 0 Å². The minimum Gasteiger partial charge on any atom is -0.337 e. The van der Waals surface area contributed by atoms with Gasteiger partial charge in [-0.05, 0) is 32.9 Å². The monoisotopic (exact) mass is 278 g/mol. The predicted molar refractivity (Wildman–Crippen MR) is 77.0 cm³/mol. The summed E-state index contributed by atoms with van der Waals surface area (Å²) in [5.74, 6) is 6.29. The molecule has 0 saturated carbocycles. The van der Waals surface area contributed by atoms with Crippen molar-refractivity contribution in [3.63, 3.8) is 0 Å². The Morgan fingerprint density at radius 3 is 2.60 bits per heavy atom. The Morgan fingerprint density at radius 2 is 2.10 bits per heavy atom. The van der Waals surface area contributed by atoms with Gasteiger partial charge in [-0.15, -0.1) is 0 Å². The van der Waals surface area contributed by atoms with Gasteiger partial charge in [-0.2, -0.15) is 0 Å². The molecule has 2 rings (SSSR count). The summed E-state index contributed by atoms with van der Waals surface area (Å²) in [5.41, 5.74) is 2.76. The number of nitrogens with two attached hydrogens (primary N) is 1. The first kappa shape index (κ1) is 14.7. The normalized spacial score (nSPS) is 16.5. The fourth-order valence-electron chi connectivity index (χ4n) is 2.51. The predicted octanol–water partition coefficient (Wildman–Crippen LogP) is 0.176. The number of hydrazine groups is 1. The molecule has 1 fully saturated rings. The van der Waals surface area contributed by atoms with E-state index in [4.69, 9.17) is 5.84 Å². The van der Waals surface area contributed by atoms with Crippen LogP contribution in [0.15, 0.2) is 12.4 Å². The highest BCUT2D eigenvalue weighted by atomic mass is 16.2. The molecule has 1 amide bonds. The number of hydrogen-bond acceptors (Lipinski definition) is 6. The van der Waals surface area contributed by atoms with Gasteiger partial charge in [0.1, 0.15) is 5.69 Å². The van der Waals surface area contributed by atoms with Crippen molar-refractivity contribution in [1.29, 1.82) is 0 Å². The summed E-state index contributed by atoms with van der Waals surface area (Å²) in [5, 5.41) is 0. The topological polar surface area (TPSA) is 87.4 Å². The Bertz CT molecular complexity index is 439. The average molecular weight is 278 g/mol. The van der Waals surface area contributed by atoms with Crippen molar-refractivity contribution in [3.05, 3.63) is 18.1 Å². The van der Waals surface area contributed by atoms with Gasteiger partial charge in [0.15, 0.2) is 5.82 Å². The Morgan fingerprint density at radius 1 is 1.40 bits per heavy atom. The molecule has 0 aliphatic carbocycles. The van der Waals surface area contributed by atoms with Crippen LogP contribution >= 0.6 is 0 Å². The maximum Gasteiger partial charge on any atom is 0.274 e. The third kappa shape index (κ3) is 3.64. The first-order valence-corrected chi connectivity index (χ1v) is 6.83. The summed E-state index contributed by atoms with van der Waals surface area (Å²) in [6, 6.07) is 0. The molecule has 3 N–H and O–H groups in total. The van der Waals surface area contributed by atoms with Crippen molar-refractivity contribution in [3.8, 4) is 0 Å². The zero-order valence-corrected chi connectivity index (χ0v) is 12.0. The van der Waals surface area contributed by atoms with Crippen LogP contribution in [0.25, 0.3) is 0 Å². The molecule has 1 aliphatic heterocycles. The van der Waals surface area contributed by atoms with E-state index in [0.717, 1.165) is 32.5 Å². The molecule has 20 heavy (non-hydrogen) atoms. The van der Waals surface area contributed by atoms with Crippen molar-refractivity contribution in [2.45, 2.75) is 12.8 Å². The molecule has 0 atom stereocenters. The lowest BCUT2D eigenvalue weighted by Crippen LogP contribution is -2.41. The number of anilines is 1. The number of carbonyl (C=O) groups excluding carboxylic acids is 1. The Labute approximate surface area is 119 Å². The summed E-state index contributed by atoms with van der Waals surface area (Å²) in [6.07, 6.45) is 5.01. The lowest BCUT2D eigenvalue weighted by atomic mass is 9.96. The minimum absolute atomic E-state index is 0.0515. The quantitative estimate of drug-likeness (QED) is 0.603. The molecule has 0 spiro atoms. The number of carbonyl (C=O) groups is 1. The second kappa shape index (κ2) is 6.62. The Kier molecular flexibility index (Phi) is 4.86. The van der Waals surface area contributed by atoms with Crippen LogP contribution in [0.3, 0.4) is 0 Å². The number of likely N-dealkylation sites (tertiary alicyclic amines) is 1. The van der Waals surface area contributed by atoms with Crippen LogP contribution in [0.5, 0.6) is 0 Å². The van der Waals surface area contributed by atoms with Gasteiger partial charge in [0.2, 0.25) is 0 Å². The largest absolute Gasteiger partial charge is 0.337 e. The Hall–Kier alpha value is -1.73. The molecular weight excluding hydrogens is 256 g/mol. The van der Waals surface area contributed by atoms with Crippen LogP contribution in [-0.4, -0.2) is 59.4 Å².